The van der Waals surface area contributed by atoms with Crippen molar-refractivity contribution in [2.24, 2.45) is 0 Å². The van der Waals surface area contributed by atoms with E-state index < -0.39 is 11.1 Å². The van der Waals surface area contributed by atoms with Crippen LogP contribution in [-0.4, -0.2) is 52.6 Å². The zero-order valence-corrected chi connectivity index (χ0v) is 10.9. The van der Waals surface area contributed by atoms with E-state index in [-0.39, 0.29) is 16.3 Å². The monoisotopic (exact) mass is 256 g/mol. The van der Waals surface area contributed by atoms with Gasteiger partial charge in [0.25, 0.3) is 11.1 Å². The van der Waals surface area contributed by atoms with Crippen LogP contribution < -0.4 is 0 Å². The van der Waals surface area contributed by atoms with E-state index in [9.17, 15) is 20.2 Å². The van der Waals surface area contributed by atoms with Crippen LogP contribution in [-0.2, 0) is 0 Å². The molecule has 1 saturated heterocycles. The van der Waals surface area contributed by atoms with Gasteiger partial charge in [-0.2, -0.15) is 0 Å². The number of nitro groups is 2. The van der Waals surface area contributed by atoms with Crippen LogP contribution in [0.25, 0.3) is 0 Å². The Balaban J connectivity index is 2.59. The average molecular weight is 256 g/mol. The van der Waals surface area contributed by atoms with Crippen LogP contribution in [0.5, 0.6) is 0 Å². The summed E-state index contributed by atoms with van der Waals surface area (Å²) in [6.45, 7) is 2.38. The zero-order valence-electron chi connectivity index (χ0n) is 10.9. The first-order valence-electron chi connectivity index (χ1n) is 5.92. The Morgan fingerprint density at radius 2 is 1.83 bits per heavy atom. The van der Waals surface area contributed by atoms with Gasteiger partial charge in [-0.05, 0) is 6.92 Å². The number of nitrogens with zero attached hydrogens (tertiary/aromatic N) is 3. The number of piperidine rings is 1. The molecule has 0 spiro atoms. The molecule has 7 nitrogen and oxygen atoms in total. The maximum absolute atomic E-state index is 11.5. The fraction of sp³-hybridized carbons (Fsp3) is 0.818. The summed E-state index contributed by atoms with van der Waals surface area (Å²) in [5, 5.41) is 22.9. The lowest BCUT2D eigenvalue weighted by Gasteiger charge is -2.48. The van der Waals surface area contributed by atoms with Gasteiger partial charge in [0.15, 0.2) is 13.1 Å². The second-order valence-corrected chi connectivity index (χ2v) is 6.29. The standard InChI is InChI=1S/C11H18N3O4/c1-9-4-5-10(12(15)16)6-11(9,13(17)18)8-14(2,3)7-10/h4H,5-8H2,1-3H3/q+1. The van der Waals surface area contributed by atoms with Gasteiger partial charge in [-0.3, -0.25) is 20.2 Å². The predicted octanol–water partition coefficient (Wildman–Crippen LogP) is 0.847. The smallest absolute Gasteiger partial charge is 0.297 e. The van der Waals surface area contributed by atoms with Crippen molar-refractivity contribution in [2.45, 2.75) is 30.8 Å². The maximum Gasteiger partial charge on any atom is 0.297 e. The van der Waals surface area contributed by atoms with Crippen LogP contribution in [0.2, 0.25) is 0 Å². The number of likely N-dealkylation sites (N-methyl/N-ethyl adjacent to an activating group) is 1. The van der Waals surface area contributed by atoms with Crippen molar-refractivity contribution in [1.29, 1.82) is 0 Å². The molecule has 18 heavy (non-hydrogen) atoms. The van der Waals surface area contributed by atoms with Crippen molar-refractivity contribution in [3.8, 4) is 0 Å². The topological polar surface area (TPSA) is 86.3 Å². The minimum atomic E-state index is -1.27. The molecule has 1 aliphatic carbocycles. The van der Waals surface area contributed by atoms with E-state index in [0.29, 0.717) is 29.6 Å². The van der Waals surface area contributed by atoms with E-state index in [0.717, 1.165) is 0 Å². The van der Waals surface area contributed by atoms with E-state index in [4.69, 9.17) is 0 Å². The first-order valence-corrected chi connectivity index (χ1v) is 5.92. The molecule has 2 aliphatic rings. The summed E-state index contributed by atoms with van der Waals surface area (Å²) >= 11 is 0. The quantitative estimate of drug-likeness (QED) is 0.317. The number of hydrogen-bond donors (Lipinski definition) is 0. The van der Waals surface area contributed by atoms with E-state index >= 15 is 0 Å². The Hall–Kier alpha value is -1.50. The number of rotatable bonds is 2. The third-order valence-corrected chi connectivity index (χ3v) is 4.29. The summed E-state index contributed by atoms with van der Waals surface area (Å²) < 4.78 is 0.313. The Labute approximate surface area is 105 Å². The molecule has 0 radical (unpaired) electrons. The van der Waals surface area contributed by atoms with Crippen LogP contribution in [0.15, 0.2) is 11.6 Å². The highest BCUT2D eigenvalue weighted by Crippen LogP contribution is 2.45. The minimum absolute atomic E-state index is 0.0179. The van der Waals surface area contributed by atoms with Gasteiger partial charge < -0.3 is 4.48 Å². The molecule has 1 heterocycles. The second-order valence-electron chi connectivity index (χ2n) is 6.29. The number of fused-ring (bicyclic) bond motifs is 2. The lowest BCUT2D eigenvalue weighted by molar-refractivity contribution is -0.933. The third kappa shape index (κ3) is 1.61. The molecule has 2 atom stereocenters. The molecule has 1 fully saturated rings. The van der Waals surface area contributed by atoms with Crippen molar-refractivity contribution in [2.75, 3.05) is 27.2 Å². The lowest BCUT2D eigenvalue weighted by atomic mass is 9.68. The molecule has 1 aliphatic heterocycles. The molecule has 100 valence electrons. The van der Waals surface area contributed by atoms with Crippen LogP contribution in [0.4, 0.5) is 0 Å². The molecule has 2 bridgehead atoms. The SMILES string of the molecule is CC1=CCC2([N+](=O)[O-])CC1([N+](=O)[O-])C[N+](C)(C)C2. The highest BCUT2D eigenvalue weighted by atomic mass is 16.6. The molecular formula is C11H18N3O4+. The Bertz CT molecular complexity index is 459. The van der Waals surface area contributed by atoms with E-state index in [1.807, 2.05) is 14.1 Å². The van der Waals surface area contributed by atoms with Gasteiger partial charge >= 0.3 is 0 Å². The first-order chi connectivity index (χ1) is 8.14. The summed E-state index contributed by atoms with van der Waals surface area (Å²) in [7, 11) is 3.66. The second kappa shape index (κ2) is 3.50. The van der Waals surface area contributed by atoms with E-state index in [1.54, 1.807) is 13.0 Å². The van der Waals surface area contributed by atoms with Crippen LogP contribution in [0, 0.1) is 20.2 Å². The fourth-order valence-electron chi connectivity index (χ4n) is 3.61. The molecule has 2 unspecified atom stereocenters. The number of hydrogen-bond acceptors (Lipinski definition) is 4. The van der Waals surface area contributed by atoms with Gasteiger partial charge in [0.05, 0.1) is 14.1 Å². The highest BCUT2D eigenvalue weighted by Gasteiger charge is 2.68. The van der Waals surface area contributed by atoms with E-state index in [2.05, 4.69) is 0 Å². The van der Waals surface area contributed by atoms with Gasteiger partial charge in [0.1, 0.15) is 6.42 Å². The summed E-state index contributed by atoms with van der Waals surface area (Å²) in [6.07, 6.45) is 2.00. The third-order valence-electron chi connectivity index (χ3n) is 4.29. The predicted molar refractivity (Wildman–Crippen MR) is 64.3 cm³/mol. The van der Waals surface area contributed by atoms with Crippen LogP contribution in [0.1, 0.15) is 19.8 Å². The van der Waals surface area contributed by atoms with Crippen LogP contribution >= 0.6 is 0 Å². The molecule has 7 heteroatoms. The van der Waals surface area contributed by atoms with Crippen molar-refractivity contribution in [3.63, 3.8) is 0 Å². The largest absolute Gasteiger partial charge is 0.316 e. The van der Waals surface area contributed by atoms with Gasteiger partial charge in [-0.1, -0.05) is 6.08 Å². The number of likely N-dealkylation sites (tertiary alicyclic amines) is 1. The Morgan fingerprint density at radius 3 is 2.33 bits per heavy atom. The van der Waals surface area contributed by atoms with Crippen molar-refractivity contribution >= 4 is 0 Å². The first kappa shape index (κ1) is 12.9. The minimum Gasteiger partial charge on any atom is -0.316 e. The molecule has 0 aromatic heterocycles. The van der Waals surface area contributed by atoms with Crippen LogP contribution in [0.3, 0.4) is 0 Å². The molecule has 0 N–H and O–H groups in total. The maximum atomic E-state index is 11.5. The molecule has 0 saturated carbocycles. The van der Waals surface area contributed by atoms with Gasteiger partial charge in [0.2, 0.25) is 0 Å². The highest BCUT2D eigenvalue weighted by molar-refractivity contribution is 5.23. The Kier molecular flexibility index (Phi) is 2.52. The van der Waals surface area contributed by atoms with Gasteiger partial charge in [-0.15, -0.1) is 0 Å². The molecule has 0 aromatic rings. The Morgan fingerprint density at radius 1 is 1.22 bits per heavy atom. The molecule has 2 rings (SSSR count). The summed E-state index contributed by atoms with van der Waals surface area (Å²) in [4.78, 5) is 22.2. The zero-order chi connectivity index (χ0) is 13.8. The lowest BCUT2D eigenvalue weighted by Crippen LogP contribution is -2.71. The average Bonchev–Trinajstić information content (AvgIpc) is 2.21. The van der Waals surface area contributed by atoms with E-state index in [1.165, 1.54) is 0 Å². The normalized spacial score (nSPS) is 37.8. The summed E-state index contributed by atoms with van der Waals surface area (Å²) in [5.74, 6) is 0. The van der Waals surface area contributed by atoms with Crippen molar-refractivity contribution < 1.29 is 14.3 Å². The van der Waals surface area contributed by atoms with Gasteiger partial charge in [-0.25, -0.2) is 0 Å². The molecule has 0 aromatic carbocycles. The van der Waals surface area contributed by atoms with Crippen molar-refractivity contribution in [3.05, 3.63) is 31.9 Å². The number of quaternary nitrogens is 1. The summed E-state index contributed by atoms with van der Waals surface area (Å²) in [5.41, 5.74) is -1.79. The van der Waals surface area contributed by atoms with Crippen molar-refractivity contribution in [1.82, 2.24) is 0 Å². The molecule has 0 amide bonds. The molecular weight excluding hydrogens is 238 g/mol. The fourth-order valence-corrected chi connectivity index (χ4v) is 3.61. The summed E-state index contributed by atoms with van der Waals surface area (Å²) in [6, 6.07) is 0. The van der Waals surface area contributed by atoms with Gasteiger partial charge in [0, 0.05) is 21.8 Å².